The Morgan fingerprint density at radius 3 is 2.45 bits per heavy atom. The number of nitro benzene ring substituents is 1. The van der Waals surface area contributed by atoms with Crippen LogP contribution in [0.3, 0.4) is 0 Å². The number of anilines is 1. The number of carbonyl (C=O) groups is 1. The third kappa shape index (κ3) is 7.24. The summed E-state index contributed by atoms with van der Waals surface area (Å²) in [5.41, 5.74) is 4.53. The number of hydrogen-bond donors (Lipinski definition) is 5. The molecule has 9 nitrogen and oxygen atoms in total. The van der Waals surface area contributed by atoms with Crippen molar-refractivity contribution < 1.29 is 19.9 Å². The summed E-state index contributed by atoms with van der Waals surface area (Å²) >= 11 is 0. The van der Waals surface area contributed by atoms with Crippen molar-refractivity contribution in [3.05, 3.63) is 69.3 Å². The van der Waals surface area contributed by atoms with Gasteiger partial charge in [0.25, 0.3) is 5.69 Å². The summed E-state index contributed by atoms with van der Waals surface area (Å²) in [4.78, 5) is 22.7. The van der Waals surface area contributed by atoms with Crippen molar-refractivity contribution in [1.29, 1.82) is 0 Å². The Bertz CT molecular complexity index is 826. The SMILES string of the molecule is NNC(O)CCCCc1ccc(CC(=O)Nc2ccc(CO)c([N+](=O)[O-])c2)cc1. The molecule has 0 saturated heterocycles. The molecule has 0 bridgehead atoms. The molecule has 2 rings (SSSR count). The fourth-order valence-electron chi connectivity index (χ4n) is 2.91. The van der Waals surface area contributed by atoms with E-state index in [-0.39, 0.29) is 23.6 Å². The fraction of sp³-hybridized carbons (Fsp3) is 0.350. The highest BCUT2D eigenvalue weighted by Crippen LogP contribution is 2.23. The molecule has 9 heteroatoms. The molecule has 0 fully saturated rings. The molecule has 0 saturated carbocycles. The van der Waals surface area contributed by atoms with Crippen LogP contribution < -0.4 is 16.6 Å². The fourth-order valence-corrected chi connectivity index (χ4v) is 2.91. The first kappa shape index (κ1) is 22.4. The van der Waals surface area contributed by atoms with E-state index in [2.05, 4.69) is 10.7 Å². The zero-order valence-electron chi connectivity index (χ0n) is 16.0. The van der Waals surface area contributed by atoms with E-state index in [4.69, 9.17) is 10.9 Å². The average molecular weight is 402 g/mol. The lowest BCUT2D eigenvalue weighted by atomic mass is 10.0. The molecular weight excluding hydrogens is 376 g/mol. The Morgan fingerprint density at radius 2 is 1.83 bits per heavy atom. The van der Waals surface area contributed by atoms with Gasteiger partial charge >= 0.3 is 0 Å². The summed E-state index contributed by atoms with van der Waals surface area (Å²) in [7, 11) is 0. The van der Waals surface area contributed by atoms with E-state index in [9.17, 15) is 20.0 Å². The minimum Gasteiger partial charge on any atom is -0.391 e. The quantitative estimate of drug-likeness (QED) is 0.126. The van der Waals surface area contributed by atoms with Crippen LogP contribution >= 0.6 is 0 Å². The van der Waals surface area contributed by atoms with Crippen molar-refractivity contribution in [2.45, 2.75) is 44.9 Å². The summed E-state index contributed by atoms with van der Waals surface area (Å²) in [5.74, 6) is 4.85. The van der Waals surface area contributed by atoms with Crippen LogP contribution in [0.15, 0.2) is 42.5 Å². The van der Waals surface area contributed by atoms with Crippen LogP contribution in [0.5, 0.6) is 0 Å². The molecule has 2 aromatic rings. The standard InChI is InChI=1S/C20H26N4O5/c21-23-19(26)4-2-1-3-14-5-7-15(8-6-14)11-20(27)22-17-10-9-16(13-25)18(12-17)24(28)29/h5-10,12,19,23,25-26H,1-4,11,13,21H2,(H,22,27). The van der Waals surface area contributed by atoms with Crippen LogP contribution in [0.4, 0.5) is 11.4 Å². The first-order chi connectivity index (χ1) is 13.9. The normalized spacial score (nSPS) is 11.8. The predicted octanol–water partition coefficient (Wildman–Crippen LogP) is 1.76. The van der Waals surface area contributed by atoms with Gasteiger partial charge in [-0.1, -0.05) is 24.3 Å². The van der Waals surface area contributed by atoms with E-state index in [0.29, 0.717) is 12.1 Å². The molecule has 1 atom stereocenters. The van der Waals surface area contributed by atoms with Crippen LogP contribution in [0.2, 0.25) is 0 Å². The molecular formula is C20H26N4O5. The van der Waals surface area contributed by atoms with E-state index in [1.165, 1.54) is 18.2 Å². The highest BCUT2D eigenvalue weighted by Gasteiger charge is 2.15. The Labute approximate surface area is 168 Å². The summed E-state index contributed by atoms with van der Waals surface area (Å²) in [6.45, 7) is -0.443. The smallest absolute Gasteiger partial charge is 0.276 e. The maximum Gasteiger partial charge on any atom is 0.276 e. The first-order valence-corrected chi connectivity index (χ1v) is 9.33. The van der Waals surface area contributed by atoms with E-state index in [1.54, 1.807) is 0 Å². The largest absolute Gasteiger partial charge is 0.391 e. The zero-order valence-corrected chi connectivity index (χ0v) is 16.0. The number of benzene rings is 2. The number of carbonyl (C=O) groups excluding carboxylic acids is 1. The molecule has 0 heterocycles. The van der Waals surface area contributed by atoms with Crippen molar-refractivity contribution in [2.75, 3.05) is 5.32 Å². The summed E-state index contributed by atoms with van der Waals surface area (Å²) < 4.78 is 0. The van der Waals surface area contributed by atoms with Crippen LogP contribution in [0, 0.1) is 10.1 Å². The Balaban J connectivity index is 1.86. The van der Waals surface area contributed by atoms with Crippen molar-refractivity contribution in [3.8, 4) is 0 Å². The third-order valence-electron chi connectivity index (χ3n) is 4.51. The number of nitrogens with zero attached hydrogens (tertiary/aromatic N) is 1. The molecule has 29 heavy (non-hydrogen) atoms. The lowest BCUT2D eigenvalue weighted by Gasteiger charge is -2.09. The number of unbranched alkanes of at least 4 members (excludes halogenated alkanes) is 1. The predicted molar refractivity (Wildman–Crippen MR) is 109 cm³/mol. The van der Waals surface area contributed by atoms with Crippen molar-refractivity contribution >= 4 is 17.3 Å². The van der Waals surface area contributed by atoms with Gasteiger partial charge in [0.15, 0.2) is 0 Å². The van der Waals surface area contributed by atoms with Crippen LogP contribution in [-0.4, -0.2) is 27.3 Å². The first-order valence-electron chi connectivity index (χ1n) is 9.33. The topological polar surface area (TPSA) is 151 Å². The molecule has 2 aromatic carbocycles. The number of hydrogen-bond acceptors (Lipinski definition) is 7. The van der Waals surface area contributed by atoms with Gasteiger partial charge in [-0.15, -0.1) is 0 Å². The molecule has 0 aliphatic heterocycles. The molecule has 0 aromatic heterocycles. The van der Waals surface area contributed by atoms with Gasteiger partial charge in [-0.25, -0.2) is 5.43 Å². The molecule has 1 unspecified atom stereocenters. The molecule has 1 amide bonds. The maximum atomic E-state index is 12.2. The maximum absolute atomic E-state index is 12.2. The monoisotopic (exact) mass is 402 g/mol. The van der Waals surface area contributed by atoms with E-state index in [0.717, 1.165) is 30.4 Å². The second-order valence-corrected chi connectivity index (χ2v) is 6.73. The van der Waals surface area contributed by atoms with Crippen molar-refractivity contribution in [1.82, 2.24) is 5.43 Å². The number of hydrazine groups is 1. The van der Waals surface area contributed by atoms with Crippen LogP contribution in [-0.2, 0) is 24.2 Å². The molecule has 156 valence electrons. The minimum absolute atomic E-state index is 0.143. The minimum atomic E-state index is -0.683. The number of rotatable bonds is 11. The second-order valence-electron chi connectivity index (χ2n) is 6.73. The highest BCUT2D eigenvalue weighted by molar-refractivity contribution is 5.92. The molecule has 6 N–H and O–H groups in total. The molecule has 0 spiro atoms. The van der Waals surface area contributed by atoms with Gasteiger partial charge in [0.1, 0.15) is 6.23 Å². The zero-order chi connectivity index (χ0) is 21.2. The van der Waals surface area contributed by atoms with E-state index < -0.39 is 17.8 Å². The summed E-state index contributed by atoms with van der Waals surface area (Å²) in [6.07, 6.45) is 2.68. The van der Waals surface area contributed by atoms with Gasteiger partial charge in [0.2, 0.25) is 5.91 Å². The number of nitro groups is 1. The van der Waals surface area contributed by atoms with Gasteiger partial charge in [-0.3, -0.25) is 20.8 Å². The molecule has 0 aliphatic carbocycles. The van der Waals surface area contributed by atoms with E-state index >= 15 is 0 Å². The average Bonchev–Trinajstić information content (AvgIpc) is 2.72. The van der Waals surface area contributed by atoms with Gasteiger partial charge < -0.3 is 15.5 Å². The van der Waals surface area contributed by atoms with Gasteiger partial charge in [0.05, 0.1) is 23.5 Å². The molecule has 0 aliphatic rings. The molecule has 0 radical (unpaired) electrons. The van der Waals surface area contributed by atoms with Gasteiger partial charge in [0, 0.05) is 11.8 Å². The number of nitrogens with one attached hydrogen (secondary N) is 2. The number of amides is 1. The summed E-state index contributed by atoms with van der Waals surface area (Å²) in [6, 6.07) is 11.9. The number of aliphatic hydroxyl groups excluding tert-OH is 2. The van der Waals surface area contributed by atoms with Gasteiger partial charge in [-0.05, 0) is 48.9 Å². The Kier molecular flexibility index (Phi) is 8.68. The van der Waals surface area contributed by atoms with Crippen molar-refractivity contribution in [3.63, 3.8) is 0 Å². The number of nitrogens with two attached hydrogens (primary N) is 1. The van der Waals surface area contributed by atoms with Crippen LogP contribution in [0.25, 0.3) is 0 Å². The van der Waals surface area contributed by atoms with Crippen LogP contribution in [0.1, 0.15) is 36.0 Å². The second kappa shape index (κ2) is 11.2. The Hall–Kier alpha value is -2.85. The van der Waals surface area contributed by atoms with Crippen molar-refractivity contribution in [2.24, 2.45) is 5.84 Å². The van der Waals surface area contributed by atoms with E-state index in [1.807, 2.05) is 24.3 Å². The number of aryl methyl sites for hydroxylation is 1. The Morgan fingerprint density at radius 1 is 1.14 bits per heavy atom. The summed E-state index contributed by atoms with van der Waals surface area (Å²) in [5, 5.41) is 32.2. The number of aliphatic hydroxyl groups is 2. The third-order valence-corrected chi connectivity index (χ3v) is 4.51. The lowest BCUT2D eigenvalue weighted by Crippen LogP contribution is -2.34. The van der Waals surface area contributed by atoms with Gasteiger partial charge in [-0.2, -0.15) is 0 Å². The highest BCUT2D eigenvalue weighted by atomic mass is 16.6. The lowest BCUT2D eigenvalue weighted by molar-refractivity contribution is -0.385.